The first-order valence-electron chi connectivity index (χ1n) is 7.20. The minimum atomic E-state index is -0.275. The second kappa shape index (κ2) is 5.87. The van der Waals surface area contributed by atoms with Crippen LogP contribution in [-0.4, -0.2) is 36.9 Å². The van der Waals surface area contributed by atoms with Crippen LogP contribution in [0.3, 0.4) is 0 Å². The van der Waals surface area contributed by atoms with Crippen molar-refractivity contribution in [1.29, 1.82) is 0 Å². The summed E-state index contributed by atoms with van der Waals surface area (Å²) in [7, 11) is 4.10. The number of ether oxygens (including phenoxy) is 1. The molecule has 1 saturated carbocycles. The molecule has 0 amide bonds. The minimum absolute atomic E-state index is 0.275. The van der Waals surface area contributed by atoms with Crippen LogP contribution in [0.2, 0.25) is 0 Å². The van der Waals surface area contributed by atoms with Crippen molar-refractivity contribution in [2.75, 3.05) is 20.7 Å². The molecule has 1 fully saturated rings. The summed E-state index contributed by atoms with van der Waals surface area (Å²) in [5.74, 6) is 0.314. The van der Waals surface area contributed by atoms with Crippen molar-refractivity contribution in [2.24, 2.45) is 0 Å². The number of Topliss-reactive ketones (excluding diaryl/α,β-unsaturated/α-hetero) is 1. The molecule has 3 heteroatoms. The summed E-state index contributed by atoms with van der Waals surface area (Å²) in [6.45, 7) is 0.756. The summed E-state index contributed by atoms with van der Waals surface area (Å²) >= 11 is 0. The summed E-state index contributed by atoms with van der Waals surface area (Å²) < 4.78 is 5.35. The van der Waals surface area contributed by atoms with E-state index in [1.54, 1.807) is 6.26 Å². The molecule has 0 spiro atoms. The number of nitrogens with zero attached hydrogens (tertiary/aromatic N) is 1. The normalized spacial score (nSPS) is 24.1. The Morgan fingerprint density at radius 2 is 1.83 bits per heavy atom. The number of carbonyl (C=O) groups excluding carboxylic acids is 1. The van der Waals surface area contributed by atoms with E-state index in [1.165, 1.54) is 12.8 Å². The van der Waals surface area contributed by atoms with Gasteiger partial charge < -0.3 is 4.74 Å². The topological polar surface area (TPSA) is 29.5 Å². The van der Waals surface area contributed by atoms with Gasteiger partial charge in [0, 0.05) is 5.57 Å². The Balaban J connectivity index is 2.22. The molecule has 0 radical (unpaired) electrons. The largest absolute Gasteiger partial charge is 0.501 e. The summed E-state index contributed by atoms with van der Waals surface area (Å²) in [6.07, 6.45) is 10.4. The highest BCUT2D eigenvalue weighted by Crippen LogP contribution is 2.35. The molecule has 0 N–H and O–H groups in total. The Morgan fingerprint density at radius 1 is 1.17 bits per heavy atom. The second-order valence-corrected chi connectivity index (χ2v) is 5.79. The van der Waals surface area contributed by atoms with Crippen LogP contribution in [-0.2, 0) is 9.53 Å². The van der Waals surface area contributed by atoms with Gasteiger partial charge in [-0.05, 0) is 39.8 Å². The zero-order valence-corrected chi connectivity index (χ0v) is 11.7. The maximum atomic E-state index is 12.9. The molecule has 0 bridgehead atoms. The Hall–Kier alpha value is -0.830. The Labute approximate surface area is 110 Å². The molecular formula is C15H25NO2. The van der Waals surface area contributed by atoms with Crippen molar-refractivity contribution in [3.05, 3.63) is 11.8 Å². The molecule has 0 unspecified atom stereocenters. The highest BCUT2D eigenvalue weighted by atomic mass is 16.5. The number of ketones is 1. The van der Waals surface area contributed by atoms with Gasteiger partial charge in [0.05, 0.1) is 18.4 Å². The van der Waals surface area contributed by atoms with Crippen LogP contribution >= 0.6 is 0 Å². The third kappa shape index (κ3) is 2.61. The third-order valence-electron chi connectivity index (χ3n) is 4.43. The molecule has 0 aromatic rings. The van der Waals surface area contributed by atoms with Crippen LogP contribution in [0.25, 0.3) is 0 Å². The molecule has 1 heterocycles. The van der Waals surface area contributed by atoms with Crippen molar-refractivity contribution in [1.82, 2.24) is 4.90 Å². The Kier molecular flexibility index (Phi) is 4.44. The molecule has 2 aliphatic rings. The van der Waals surface area contributed by atoms with Crippen LogP contribution in [0.4, 0.5) is 0 Å². The molecule has 2 rings (SSSR count). The molecule has 1 aliphatic heterocycles. The van der Waals surface area contributed by atoms with E-state index in [-0.39, 0.29) is 5.54 Å². The van der Waals surface area contributed by atoms with Crippen LogP contribution in [0.5, 0.6) is 0 Å². The highest BCUT2D eigenvalue weighted by Gasteiger charge is 2.41. The zero-order chi connectivity index (χ0) is 13.0. The molecule has 0 aromatic heterocycles. The maximum absolute atomic E-state index is 12.9. The predicted octanol–water partition coefficient (Wildman–Crippen LogP) is 2.90. The molecule has 0 aromatic carbocycles. The minimum Gasteiger partial charge on any atom is -0.501 e. The van der Waals surface area contributed by atoms with Gasteiger partial charge in [0.25, 0.3) is 0 Å². The average Bonchev–Trinajstić information content (AvgIpc) is 2.65. The second-order valence-electron chi connectivity index (χ2n) is 5.79. The van der Waals surface area contributed by atoms with Gasteiger partial charge in [0.15, 0.2) is 5.78 Å². The van der Waals surface area contributed by atoms with E-state index in [1.807, 2.05) is 14.1 Å². The lowest BCUT2D eigenvalue weighted by atomic mass is 9.80. The number of rotatable bonds is 3. The van der Waals surface area contributed by atoms with Gasteiger partial charge in [-0.2, -0.15) is 0 Å². The van der Waals surface area contributed by atoms with Gasteiger partial charge in [0.1, 0.15) is 0 Å². The van der Waals surface area contributed by atoms with E-state index in [9.17, 15) is 4.79 Å². The fourth-order valence-corrected chi connectivity index (χ4v) is 3.22. The SMILES string of the molecule is CN(C)C1(C(=O)C2=COCCC2)CCCCCC1. The van der Waals surface area contributed by atoms with Crippen molar-refractivity contribution in [3.63, 3.8) is 0 Å². The van der Waals surface area contributed by atoms with E-state index in [0.717, 1.165) is 50.7 Å². The molecule has 3 nitrogen and oxygen atoms in total. The van der Waals surface area contributed by atoms with Gasteiger partial charge in [0.2, 0.25) is 0 Å². The number of carbonyl (C=O) groups is 1. The standard InChI is InChI=1S/C15H25NO2/c1-16(2)15(9-5-3-4-6-10-15)14(17)13-8-7-11-18-12-13/h12H,3-11H2,1-2H3. The van der Waals surface area contributed by atoms with E-state index < -0.39 is 0 Å². The maximum Gasteiger partial charge on any atom is 0.182 e. The molecule has 18 heavy (non-hydrogen) atoms. The Bertz CT molecular complexity index is 325. The van der Waals surface area contributed by atoms with E-state index in [0.29, 0.717) is 5.78 Å². The monoisotopic (exact) mass is 251 g/mol. The number of likely N-dealkylation sites (N-methyl/N-ethyl adjacent to an activating group) is 1. The van der Waals surface area contributed by atoms with Crippen LogP contribution in [0, 0.1) is 0 Å². The first kappa shape index (κ1) is 13.6. The zero-order valence-electron chi connectivity index (χ0n) is 11.7. The summed E-state index contributed by atoms with van der Waals surface area (Å²) in [6, 6.07) is 0. The Morgan fingerprint density at radius 3 is 2.33 bits per heavy atom. The van der Waals surface area contributed by atoms with Gasteiger partial charge in [-0.1, -0.05) is 25.7 Å². The third-order valence-corrected chi connectivity index (χ3v) is 4.43. The number of hydrogen-bond donors (Lipinski definition) is 0. The van der Waals surface area contributed by atoms with Crippen LogP contribution in [0.15, 0.2) is 11.8 Å². The van der Waals surface area contributed by atoms with Gasteiger partial charge in [-0.15, -0.1) is 0 Å². The quantitative estimate of drug-likeness (QED) is 0.722. The van der Waals surface area contributed by atoms with E-state index >= 15 is 0 Å². The van der Waals surface area contributed by atoms with Crippen molar-refractivity contribution in [2.45, 2.75) is 56.9 Å². The smallest absolute Gasteiger partial charge is 0.182 e. The average molecular weight is 251 g/mol. The fraction of sp³-hybridized carbons (Fsp3) is 0.800. The molecule has 0 saturated heterocycles. The van der Waals surface area contributed by atoms with Crippen molar-refractivity contribution >= 4 is 5.78 Å². The highest BCUT2D eigenvalue weighted by molar-refractivity contribution is 6.02. The first-order chi connectivity index (χ1) is 8.67. The molecule has 0 atom stereocenters. The van der Waals surface area contributed by atoms with Gasteiger partial charge in [-0.25, -0.2) is 0 Å². The molecular weight excluding hydrogens is 226 g/mol. The molecule has 1 aliphatic carbocycles. The van der Waals surface area contributed by atoms with Crippen molar-refractivity contribution < 1.29 is 9.53 Å². The lowest BCUT2D eigenvalue weighted by Crippen LogP contribution is -2.51. The van der Waals surface area contributed by atoms with Crippen molar-refractivity contribution in [3.8, 4) is 0 Å². The number of hydrogen-bond acceptors (Lipinski definition) is 3. The first-order valence-corrected chi connectivity index (χ1v) is 7.20. The van der Waals surface area contributed by atoms with E-state index in [2.05, 4.69) is 4.90 Å². The lowest BCUT2D eigenvalue weighted by molar-refractivity contribution is -0.127. The fourth-order valence-electron chi connectivity index (χ4n) is 3.22. The van der Waals surface area contributed by atoms with Crippen LogP contribution in [0.1, 0.15) is 51.4 Å². The lowest BCUT2D eigenvalue weighted by Gasteiger charge is -2.39. The summed E-state index contributed by atoms with van der Waals surface area (Å²) in [4.78, 5) is 15.0. The predicted molar refractivity (Wildman–Crippen MR) is 72.4 cm³/mol. The van der Waals surface area contributed by atoms with Gasteiger partial charge in [-0.3, -0.25) is 9.69 Å². The van der Waals surface area contributed by atoms with Crippen LogP contribution < -0.4 is 0 Å². The van der Waals surface area contributed by atoms with E-state index in [4.69, 9.17) is 4.74 Å². The van der Waals surface area contributed by atoms with Gasteiger partial charge >= 0.3 is 0 Å². The summed E-state index contributed by atoms with van der Waals surface area (Å²) in [5, 5.41) is 0. The molecule has 102 valence electrons. The summed E-state index contributed by atoms with van der Waals surface area (Å²) in [5.41, 5.74) is 0.625.